The summed E-state index contributed by atoms with van der Waals surface area (Å²) in [5.41, 5.74) is 1.02. The highest BCUT2D eigenvalue weighted by atomic mass is 79.9. The maximum Gasteiger partial charge on any atom is 0.209 e. The molecule has 2 nitrogen and oxygen atoms in total. The monoisotopic (exact) mass is 277 g/mol. The topological polar surface area (TPSA) is 26.0 Å². The van der Waals surface area contributed by atoms with Crippen LogP contribution in [0.4, 0.5) is 0 Å². The summed E-state index contributed by atoms with van der Waals surface area (Å²) in [5, 5.41) is 1.99. The van der Waals surface area contributed by atoms with Crippen molar-refractivity contribution in [3.63, 3.8) is 0 Å². The Hall–Kier alpha value is -0.320. The summed E-state index contributed by atoms with van der Waals surface area (Å²) in [7, 11) is 0. The van der Waals surface area contributed by atoms with Crippen molar-refractivity contribution in [2.24, 2.45) is 0 Å². The third kappa shape index (κ3) is 1.80. The Morgan fingerprint density at radius 1 is 1.62 bits per heavy atom. The lowest BCUT2D eigenvalue weighted by molar-refractivity contribution is 0.529. The van der Waals surface area contributed by atoms with Crippen molar-refractivity contribution in [2.75, 3.05) is 0 Å². The molecule has 0 saturated heterocycles. The van der Waals surface area contributed by atoms with Crippen LogP contribution in [0.25, 0.3) is 11.3 Å². The molecule has 0 amide bonds. The van der Waals surface area contributed by atoms with Crippen LogP contribution < -0.4 is 0 Å². The molecule has 68 valence electrons. The van der Waals surface area contributed by atoms with Gasteiger partial charge in [-0.1, -0.05) is 0 Å². The van der Waals surface area contributed by atoms with Gasteiger partial charge in [0, 0.05) is 5.56 Å². The van der Waals surface area contributed by atoms with Gasteiger partial charge in [-0.3, -0.25) is 0 Å². The van der Waals surface area contributed by atoms with Crippen LogP contribution in [0.15, 0.2) is 25.8 Å². The average Bonchev–Trinajstić information content (AvgIpc) is 2.71. The van der Waals surface area contributed by atoms with E-state index in [2.05, 4.69) is 20.9 Å². The van der Waals surface area contributed by atoms with Gasteiger partial charge in [-0.05, 0) is 27.4 Å². The molecule has 2 heterocycles. The maximum atomic E-state index is 5.58. The van der Waals surface area contributed by atoms with Gasteiger partial charge in [-0.2, -0.15) is 0 Å². The number of hydrogen-bond acceptors (Lipinski definition) is 3. The van der Waals surface area contributed by atoms with Crippen molar-refractivity contribution in [2.45, 2.75) is 5.88 Å². The Bertz CT molecular complexity index is 412. The van der Waals surface area contributed by atoms with Crippen LogP contribution in [0, 0.1) is 0 Å². The van der Waals surface area contributed by atoms with E-state index in [1.54, 1.807) is 17.5 Å². The Balaban J connectivity index is 2.41. The zero-order chi connectivity index (χ0) is 9.26. The minimum atomic E-state index is 0.307. The maximum absolute atomic E-state index is 5.58. The predicted octanol–water partition coefficient (Wildman–Crippen LogP) is 3.90. The standard InChI is InChI=1S/C8H5BrClNOS/c9-8-5(1-2-13-8)6-4-11-7(3-10)12-6/h1-2,4H,3H2. The molecular weight excluding hydrogens is 274 g/mol. The number of halogens is 2. The molecule has 0 radical (unpaired) electrons. The molecule has 0 aliphatic heterocycles. The van der Waals surface area contributed by atoms with Crippen molar-refractivity contribution in [1.29, 1.82) is 0 Å². The Kier molecular flexibility index (Phi) is 2.71. The second-order valence-corrected chi connectivity index (χ2v) is 4.86. The summed E-state index contributed by atoms with van der Waals surface area (Å²) in [6, 6.07) is 1.98. The molecule has 0 aromatic carbocycles. The minimum absolute atomic E-state index is 0.307. The number of nitrogens with zero attached hydrogens (tertiary/aromatic N) is 1. The average molecular weight is 279 g/mol. The normalized spacial score (nSPS) is 10.6. The van der Waals surface area contributed by atoms with Crippen molar-refractivity contribution in [3.8, 4) is 11.3 Å². The van der Waals surface area contributed by atoms with Gasteiger partial charge in [0.1, 0.15) is 0 Å². The van der Waals surface area contributed by atoms with Crippen LogP contribution in [-0.4, -0.2) is 4.98 Å². The zero-order valence-electron chi connectivity index (χ0n) is 6.46. The zero-order valence-corrected chi connectivity index (χ0v) is 9.62. The van der Waals surface area contributed by atoms with E-state index in [4.69, 9.17) is 16.0 Å². The first-order valence-corrected chi connectivity index (χ1v) is 5.76. The molecule has 2 rings (SSSR count). The van der Waals surface area contributed by atoms with E-state index in [1.807, 2.05) is 11.4 Å². The van der Waals surface area contributed by atoms with E-state index in [0.717, 1.165) is 15.1 Å². The molecule has 0 aliphatic carbocycles. The molecule has 0 saturated carbocycles. The Morgan fingerprint density at radius 3 is 3.00 bits per heavy atom. The summed E-state index contributed by atoms with van der Waals surface area (Å²) < 4.78 is 6.44. The fraction of sp³-hybridized carbons (Fsp3) is 0.125. The second kappa shape index (κ2) is 3.82. The minimum Gasteiger partial charge on any atom is -0.439 e. The molecule has 0 unspecified atom stereocenters. The van der Waals surface area contributed by atoms with E-state index >= 15 is 0 Å². The van der Waals surface area contributed by atoms with Gasteiger partial charge in [0.15, 0.2) is 5.76 Å². The number of rotatable bonds is 2. The highest BCUT2D eigenvalue weighted by molar-refractivity contribution is 9.11. The lowest BCUT2D eigenvalue weighted by atomic mass is 10.3. The first-order valence-electron chi connectivity index (χ1n) is 3.55. The fourth-order valence-corrected chi connectivity index (χ4v) is 2.36. The van der Waals surface area contributed by atoms with Gasteiger partial charge in [-0.25, -0.2) is 4.98 Å². The van der Waals surface area contributed by atoms with Crippen LogP contribution in [0.3, 0.4) is 0 Å². The Labute approximate surface area is 92.7 Å². The van der Waals surface area contributed by atoms with Crippen LogP contribution in [0.2, 0.25) is 0 Å². The van der Waals surface area contributed by atoms with Crippen molar-refractivity contribution >= 4 is 38.9 Å². The summed E-state index contributed by atoms with van der Waals surface area (Å²) >= 11 is 10.6. The van der Waals surface area contributed by atoms with Gasteiger partial charge < -0.3 is 4.42 Å². The van der Waals surface area contributed by atoms with Gasteiger partial charge in [-0.15, -0.1) is 22.9 Å². The molecular formula is C8H5BrClNOS. The predicted molar refractivity (Wildman–Crippen MR) is 57.1 cm³/mol. The largest absolute Gasteiger partial charge is 0.439 e. The first-order chi connectivity index (χ1) is 6.31. The third-order valence-corrected chi connectivity index (χ3v) is 3.47. The number of thiophene rings is 1. The van der Waals surface area contributed by atoms with Crippen LogP contribution in [0.1, 0.15) is 5.89 Å². The molecule has 0 spiro atoms. The third-order valence-electron chi connectivity index (χ3n) is 1.55. The summed E-state index contributed by atoms with van der Waals surface area (Å²) in [6.45, 7) is 0. The SMILES string of the molecule is ClCc1ncc(-c2ccsc2Br)o1. The summed E-state index contributed by atoms with van der Waals surface area (Å²) in [6.07, 6.45) is 1.69. The first kappa shape index (κ1) is 9.24. The van der Waals surface area contributed by atoms with E-state index in [0.29, 0.717) is 11.8 Å². The van der Waals surface area contributed by atoms with E-state index in [-0.39, 0.29) is 0 Å². The van der Waals surface area contributed by atoms with Gasteiger partial charge in [0.05, 0.1) is 15.9 Å². The molecule has 13 heavy (non-hydrogen) atoms. The van der Waals surface area contributed by atoms with Gasteiger partial charge >= 0.3 is 0 Å². The smallest absolute Gasteiger partial charge is 0.209 e. The van der Waals surface area contributed by atoms with E-state index < -0.39 is 0 Å². The number of hydrogen-bond donors (Lipinski definition) is 0. The van der Waals surface area contributed by atoms with Gasteiger partial charge in [0.25, 0.3) is 0 Å². The van der Waals surface area contributed by atoms with Crippen LogP contribution >= 0.6 is 38.9 Å². The highest BCUT2D eigenvalue weighted by Crippen LogP contribution is 2.33. The number of aromatic nitrogens is 1. The van der Waals surface area contributed by atoms with Gasteiger partial charge in [0.2, 0.25) is 5.89 Å². The number of alkyl halides is 1. The second-order valence-electron chi connectivity index (χ2n) is 2.36. The fourth-order valence-electron chi connectivity index (χ4n) is 0.966. The quantitative estimate of drug-likeness (QED) is 0.779. The summed E-state index contributed by atoms with van der Waals surface area (Å²) in [5.74, 6) is 1.61. The van der Waals surface area contributed by atoms with E-state index in [9.17, 15) is 0 Å². The lowest BCUT2D eigenvalue weighted by Crippen LogP contribution is -1.71. The molecule has 0 fully saturated rings. The lowest BCUT2D eigenvalue weighted by Gasteiger charge is -1.90. The molecule has 0 N–H and O–H groups in total. The number of oxazole rings is 1. The van der Waals surface area contributed by atoms with Crippen molar-refractivity contribution in [3.05, 3.63) is 27.3 Å². The molecule has 5 heteroatoms. The van der Waals surface area contributed by atoms with Crippen LogP contribution in [-0.2, 0) is 5.88 Å². The van der Waals surface area contributed by atoms with Crippen molar-refractivity contribution in [1.82, 2.24) is 4.98 Å². The van der Waals surface area contributed by atoms with Crippen LogP contribution in [0.5, 0.6) is 0 Å². The van der Waals surface area contributed by atoms with Crippen molar-refractivity contribution < 1.29 is 4.42 Å². The van der Waals surface area contributed by atoms with E-state index in [1.165, 1.54) is 0 Å². The molecule has 2 aromatic heterocycles. The highest BCUT2D eigenvalue weighted by Gasteiger charge is 2.09. The molecule has 2 aromatic rings. The molecule has 0 atom stereocenters. The molecule has 0 aliphatic rings. The molecule has 0 bridgehead atoms. The summed E-state index contributed by atoms with van der Waals surface area (Å²) in [4.78, 5) is 4.02. The Morgan fingerprint density at radius 2 is 2.46 bits per heavy atom.